The number of methoxy groups -OCH3 is 1. The second-order valence-electron chi connectivity index (χ2n) is 4.43. The van der Waals surface area contributed by atoms with Crippen LogP contribution in [0, 0.1) is 16.0 Å². The van der Waals surface area contributed by atoms with Crippen molar-refractivity contribution in [1.82, 2.24) is 9.97 Å². The zero-order valence-corrected chi connectivity index (χ0v) is 10.7. The first-order chi connectivity index (χ1) is 9.17. The highest BCUT2D eigenvalue weighted by Gasteiger charge is 2.32. The van der Waals surface area contributed by atoms with E-state index in [0.717, 1.165) is 6.42 Å². The van der Waals surface area contributed by atoms with E-state index in [-0.39, 0.29) is 24.0 Å². The molecule has 1 aliphatic heterocycles. The molecule has 1 fully saturated rings. The van der Waals surface area contributed by atoms with Gasteiger partial charge in [0.2, 0.25) is 5.82 Å². The van der Waals surface area contributed by atoms with Gasteiger partial charge in [-0.15, -0.1) is 0 Å². The molecule has 0 bridgehead atoms. The molecule has 8 nitrogen and oxygen atoms in total. The Labute approximate surface area is 110 Å². The van der Waals surface area contributed by atoms with Gasteiger partial charge in [-0.1, -0.05) is 0 Å². The molecule has 104 valence electrons. The normalized spacial score (nSPS) is 18.6. The third-order valence-corrected chi connectivity index (χ3v) is 3.27. The molecule has 2 heterocycles. The van der Waals surface area contributed by atoms with Crippen LogP contribution >= 0.6 is 0 Å². The lowest BCUT2D eigenvalue weighted by atomic mass is 10.1. The van der Waals surface area contributed by atoms with E-state index in [1.54, 1.807) is 0 Å². The maximum atomic E-state index is 11.1. The van der Waals surface area contributed by atoms with Crippen LogP contribution in [0.2, 0.25) is 0 Å². The third kappa shape index (κ3) is 2.73. The minimum atomic E-state index is -0.520. The summed E-state index contributed by atoms with van der Waals surface area (Å²) in [6, 6.07) is 0. The number of rotatable bonds is 5. The van der Waals surface area contributed by atoms with Gasteiger partial charge in [-0.05, 0) is 18.8 Å². The lowest BCUT2D eigenvalue weighted by Gasteiger charge is -2.17. The van der Waals surface area contributed by atoms with Crippen molar-refractivity contribution in [2.75, 3.05) is 31.7 Å². The van der Waals surface area contributed by atoms with E-state index in [2.05, 4.69) is 9.97 Å². The summed E-state index contributed by atoms with van der Waals surface area (Å²) < 4.78 is 4.92. The summed E-state index contributed by atoms with van der Waals surface area (Å²) in [7, 11) is 1.34. The highest BCUT2D eigenvalue weighted by molar-refractivity contribution is 5.63. The van der Waals surface area contributed by atoms with Crippen molar-refractivity contribution in [3.8, 4) is 5.88 Å². The topological polar surface area (TPSA) is 102 Å². The van der Waals surface area contributed by atoms with Crippen LogP contribution in [0.4, 0.5) is 11.5 Å². The van der Waals surface area contributed by atoms with E-state index in [1.807, 2.05) is 4.90 Å². The highest BCUT2D eigenvalue weighted by Crippen LogP contribution is 2.35. The summed E-state index contributed by atoms with van der Waals surface area (Å²) in [5.41, 5.74) is -0.199. The van der Waals surface area contributed by atoms with Gasteiger partial charge in [0.15, 0.2) is 0 Å². The Morgan fingerprint density at radius 3 is 3.05 bits per heavy atom. The van der Waals surface area contributed by atoms with Crippen molar-refractivity contribution < 1.29 is 14.8 Å². The van der Waals surface area contributed by atoms with E-state index < -0.39 is 4.92 Å². The van der Waals surface area contributed by atoms with Gasteiger partial charge < -0.3 is 14.7 Å². The van der Waals surface area contributed by atoms with Gasteiger partial charge in [0.1, 0.15) is 6.33 Å². The fraction of sp³-hybridized carbons (Fsp3) is 0.636. The van der Waals surface area contributed by atoms with E-state index in [1.165, 1.54) is 13.4 Å². The molecule has 1 N–H and O–H groups in total. The summed E-state index contributed by atoms with van der Waals surface area (Å²) in [4.78, 5) is 20.3. The number of aromatic nitrogens is 2. The molecular weight excluding hydrogens is 252 g/mol. The molecule has 8 heteroatoms. The molecule has 0 aromatic carbocycles. The fourth-order valence-corrected chi connectivity index (χ4v) is 2.34. The van der Waals surface area contributed by atoms with Gasteiger partial charge in [0.25, 0.3) is 5.88 Å². The summed E-state index contributed by atoms with van der Waals surface area (Å²) in [6.45, 7) is 1.47. The van der Waals surface area contributed by atoms with E-state index in [0.29, 0.717) is 25.4 Å². The molecule has 0 spiro atoms. The number of aliphatic hydroxyl groups excluding tert-OH is 1. The standard InChI is InChI=1S/C11H16N4O4/c1-19-11-9(15(17)18)10(12-7-13-11)14-4-2-8(6-14)3-5-16/h7-8,16H,2-6H2,1H3. The average molecular weight is 268 g/mol. The first-order valence-corrected chi connectivity index (χ1v) is 6.06. The lowest BCUT2D eigenvalue weighted by Crippen LogP contribution is -2.22. The number of anilines is 1. The molecule has 2 rings (SSSR count). The Morgan fingerprint density at radius 2 is 2.42 bits per heavy atom. The van der Waals surface area contributed by atoms with Crippen molar-refractivity contribution in [1.29, 1.82) is 0 Å². The van der Waals surface area contributed by atoms with Gasteiger partial charge in [0, 0.05) is 19.7 Å². The summed E-state index contributed by atoms with van der Waals surface area (Å²) >= 11 is 0. The molecule has 0 amide bonds. The van der Waals surface area contributed by atoms with Crippen LogP contribution in [0.5, 0.6) is 5.88 Å². The quantitative estimate of drug-likeness (QED) is 0.616. The van der Waals surface area contributed by atoms with Crippen LogP contribution in [-0.4, -0.2) is 46.8 Å². The van der Waals surface area contributed by atoms with Crippen LogP contribution in [0.1, 0.15) is 12.8 Å². The van der Waals surface area contributed by atoms with E-state index in [9.17, 15) is 10.1 Å². The molecule has 1 unspecified atom stereocenters. The monoisotopic (exact) mass is 268 g/mol. The van der Waals surface area contributed by atoms with E-state index >= 15 is 0 Å². The molecular formula is C11H16N4O4. The zero-order chi connectivity index (χ0) is 13.8. The maximum Gasteiger partial charge on any atom is 0.372 e. The lowest BCUT2D eigenvalue weighted by molar-refractivity contribution is -0.385. The number of nitrogens with zero attached hydrogens (tertiary/aromatic N) is 4. The van der Waals surface area contributed by atoms with Crippen molar-refractivity contribution in [3.05, 3.63) is 16.4 Å². The molecule has 19 heavy (non-hydrogen) atoms. The Bertz CT molecular complexity index is 468. The van der Waals surface area contributed by atoms with Gasteiger partial charge in [-0.25, -0.2) is 4.98 Å². The first-order valence-electron chi connectivity index (χ1n) is 6.06. The molecule has 0 radical (unpaired) electrons. The minimum absolute atomic E-state index is 0.0272. The predicted molar refractivity (Wildman–Crippen MR) is 67.3 cm³/mol. The fourth-order valence-electron chi connectivity index (χ4n) is 2.34. The zero-order valence-electron chi connectivity index (χ0n) is 10.7. The molecule has 1 aromatic rings. The summed E-state index contributed by atoms with van der Waals surface area (Å²) in [6.07, 6.45) is 2.86. The summed E-state index contributed by atoms with van der Waals surface area (Å²) in [5, 5.41) is 20.1. The van der Waals surface area contributed by atoms with Crippen LogP contribution in [0.3, 0.4) is 0 Å². The third-order valence-electron chi connectivity index (χ3n) is 3.27. The minimum Gasteiger partial charge on any atom is -0.476 e. The Kier molecular flexibility index (Phi) is 4.10. The maximum absolute atomic E-state index is 11.1. The van der Waals surface area contributed by atoms with Crippen molar-refractivity contribution in [2.45, 2.75) is 12.8 Å². The number of nitro groups is 1. The Balaban J connectivity index is 2.28. The number of ether oxygens (including phenoxy) is 1. The van der Waals surface area contributed by atoms with Gasteiger partial charge in [0.05, 0.1) is 12.0 Å². The van der Waals surface area contributed by atoms with Crippen molar-refractivity contribution >= 4 is 11.5 Å². The molecule has 1 atom stereocenters. The smallest absolute Gasteiger partial charge is 0.372 e. The molecule has 0 aliphatic carbocycles. The largest absolute Gasteiger partial charge is 0.476 e. The number of aliphatic hydroxyl groups is 1. The van der Waals surface area contributed by atoms with Crippen LogP contribution in [0.15, 0.2) is 6.33 Å². The van der Waals surface area contributed by atoms with Crippen LogP contribution < -0.4 is 9.64 Å². The van der Waals surface area contributed by atoms with E-state index in [4.69, 9.17) is 9.84 Å². The first kappa shape index (κ1) is 13.5. The van der Waals surface area contributed by atoms with Gasteiger partial charge >= 0.3 is 5.69 Å². The number of hydrogen-bond acceptors (Lipinski definition) is 7. The number of hydrogen-bond donors (Lipinski definition) is 1. The molecule has 1 aromatic heterocycles. The second-order valence-corrected chi connectivity index (χ2v) is 4.43. The Hall–Kier alpha value is -1.96. The summed E-state index contributed by atoms with van der Waals surface area (Å²) in [5.74, 6) is 0.600. The van der Waals surface area contributed by atoms with Gasteiger partial charge in [-0.2, -0.15) is 4.98 Å². The van der Waals surface area contributed by atoms with Crippen molar-refractivity contribution in [2.24, 2.45) is 5.92 Å². The second kappa shape index (κ2) is 5.79. The van der Waals surface area contributed by atoms with Gasteiger partial charge in [-0.3, -0.25) is 10.1 Å². The predicted octanol–water partition coefficient (Wildman–Crippen LogP) is 0.602. The van der Waals surface area contributed by atoms with Crippen LogP contribution in [0.25, 0.3) is 0 Å². The van der Waals surface area contributed by atoms with Crippen LogP contribution in [-0.2, 0) is 0 Å². The Morgan fingerprint density at radius 1 is 1.63 bits per heavy atom. The molecule has 0 saturated carbocycles. The average Bonchev–Trinajstić information content (AvgIpc) is 2.86. The highest BCUT2D eigenvalue weighted by atomic mass is 16.6. The molecule has 1 aliphatic rings. The van der Waals surface area contributed by atoms with Crippen molar-refractivity contribution in [3.63, 3.8) is 0 Å². The molecule has 1 saturated heterocycles. The SMILES string of the molecule is COc1ncnc(N2CCC(CCO)C2)c1[N+](=O)[O-].